The van der Waals surface area contributed by atoms with E-state index in [1.807, 2.05) is 7.05 Å². The smallest absolute Gasteiger partial charge is 0.248 e. The highest BCUT2D eigenvalue weighted by molar-refractivity contribution is 6.30. The number of benzene rings is 2. The molecule has 1 aromatic heterocycles. The lowest BCUT2D eigenvalue weighted by molar-refractivity contribution is -0.120. The van der Waals surface area contributed by atoms with Crippen molar-refractivity contribution in [1.82, 2.24) is 14.9 Å². The van der Waals surface area contributed by atoms with Crippen molar-refractivity contribution in [1.29, 1.82) is 0 Å². The molecule has 1 aliphatic rings. The van der Waals surface area contributed by atoms with Crippen LogP contribution in [0.15, 0.2) is 67.0 Å². The number of amides is 2. The molecule has 2 aromatic carbocycles. The molecule has 0 unspecified atom stereocenters. The molecule has 0 spiro atoms. The van der Waals surface area contributed by atoms with Crippen molar-refractivity contribution in [2.24, 2.45) is 5.92 Å². The average Bonchev–Trinajstić information content (AvgIpc) is 3.23. The van der Waals surface area contributed by atoms with Crippen LogP contribution in [0.2, 0.25) is 5.02 Å². The Hall–Kier alpha value is -3.75. The third kappa shape index (κ3) is 5.78. The van der Waals surface area contributed by atoms with Gasteiger partial charge in [0.15, 0.2) is 0 Å². The van der Waals surface area contributed by atoms with Gasteiger partial charge in [-0.3, -0.25) is 19.6 Å². The highest BCUT2D eigenvalue weighted by atomic mass is 35.5. The van der Waals surface area contributed by atoms with Gasteiger partial charge in [-0.2, -0.15) is 0 Å². The zero-order valence-corrected chi connectivity index (χ0v) is 19.4. The number of nitrogens with two attached hydrogens (primary N) is 1. The molecule has 8 nitrogen and oxygen atoms in total. The summed E-state index contributed by atoms with van der Waals surface area (Å²) in [4.78, 5) is 36.2. The largest absolute Gasteiger partial charge is 0.397 e. The number of likely N-dealkylation sites (N-methyl/N-ethyl adjacent to an activating group) is 1. The van der Waals surface area contributed by atoms with E-state index >= 15 is 0 Å². The first-order valence-electron chi connectivity index (χ1n) is 10.8. The van der Waals surface area contributed by atoms with E-state index in [1.165, 1.54) is 6.08 Å². The summed E-state index contributed by atoms with van der Waals surface area (Å²) in [7, 11) is 1.98. The predicted octanol–water partition coefficient (Wildman–Crippen LogP) is 3.65. The Morgan fingerprint density at radius 3 is 2.53 bits per heavy atom. The van der Waals surface area contributed by atoms with Crippen molar-refractivity contribution in [3.63, 3.8) is 0 Å². The Morgan fingerprint density at radius 1 is 1.06 bits per heavy atom. The van der Waals surface area contributed by atoms with Crippen LogP contribution in [0.5, 0.6) is 0 Å². The topological polar surface area (TPSA) is 113 Å². The first kappa shape index (κ1) is 23.4. The van der Waals surface area contributed by atoms with E-state index < -0.39 is 0 Å². The third-order valence-electron chi connectivity index (χ3n) is 5.65. The third-order valence-corrected chi connectivity index (χ3v) is 5.90. The number of carbonyl (C=O) groups excluding carboxylic acids is 2. The maximum atomic E-state index is 13.0. The zero-order valence-electron chi connectivity index (χ0n) is 18.6. The highest BCUT2D eigenvalue weighted by Gasteiger charge is 2.38. The van der Waals surface area contributed by atoms with Crippen LogP contribution < -0.4 is 16.4 Å². The summed E-state index contributed by atoms with van der Waals surface area (Å²) in [5.74, 6) is -0.745. The number of carbonyl (C=O) groups is 2. The zero-order chi connectivity index (χ0) is 24.1. The molecule has 0 saturated carbocycles. The summed E-state index contributed by atoms with van der Waals surface area (Å²) in [5, 5.41) is 6.30. The minimum atomic E-state index is -0.319. The molecule has 2 heterocycles. The lowest BCUT2D eigenvalue weighted by Crippen LogP contribution is -2.28. The molecular formula is C25H25ClN6O2. The maximum Gasteiger partial charge on any atom is 0.248 e. The second-order valence-corrected chi connectivity index (χ2v) is 8.64. The lowest BCUT2D eigenvalue weighted by atomic mass is 9.92. The molecule has 9 heteroatoms. The van der Waals surface area contributed by atoms with E-state index in [0.29, 0.717) is 40.9 Å². The van der Waals surface area contributed by atoms with Crippen LogP contribution in [0.25, 0.3) is 6.08 Å². The van der Waals surface area contributed by atoms with Gasteiger partial charge in [0.25, 0.3) is 0 Å². The van der Waals surface area contributed by atoms with Gasteiger partial charge in [0.2, 0.25) is 11.8 Å². The number of anilines is 3. The molecule has 3 aromatic rings. The van der Waals surface area contributed by atoms with E-state index in [-0.39, 0.29) is 23.7 Å². The number of nitrogens with one attached hydrogen (secondary N) is 2. The molecule has 2 atom stereocenters. The first-order chi connectivity index (χ1) is 16.4. The predicted molar refractivity (Wildman–Crippen MR) is 134 cm³/mol. The second kappa shape index (κ2) is 10.5. The molecule has 2 amide bonds. The number of para-hydroxylation sites is 2. The van der Waals surface area contributed by atoms with Crippen LogP contribution in [0.4, 0.5) is 17.1 Å². The molecule has 1 aliphatic heterocycles. The molecule has 34 heavy (non-hydrogen) atoms. The number of nitrogens with zero attached hydrogens (tertiary/aromatic N) is 3. The molecule has 0 aliphatic carbocycles. The molecule has 0 radical (unpaired) electrons. The van der Waals surface area contributed by atoms with Crippen molar-refractivity contribution in [3.8, 4) is 0 Å². The number of rotatable bonds is 6. The van der Waals surface area contributed by atoms with Crippen LogP contribution in [0.1, 0.15) is 17.3 Å². The van der Waals surface area contributed by atoms with E-state index in [0.717, 1.165) is 5.69 Å². The summed E-state index contributed by atoms with van der Waals surface area (Å²) in [5.41, 5.74) is 8.85. The minimum Gasteiger partial charge on any atom is -0.397 e. The van der Waals surface area contributed by atoms with Crippen LogP contribution in [-0.4, -0.2) is 46.8 Å². The SMILES string of the molecule is CN1C[C@H](C(=O)Nc2ccc(Cl)cc2)[C@@H](c2cnc(/C=C/C(=O)Nc3ccccc3N)cn2)C1. The van der Waals surface area contributed by atoms with Gasteiger partial charge in [-0.05, 0) is 49.5 Å². The number of nitrogen functional groups attached to an aromatic ring is 1. The van der Waals surface area contributed by atoms with Crippen LogP contribution in [0, 0.1) is 5.92 Å². The average molecular weight is 477 g/mol. The van der Waals surface area contributed by atoms with E-state index in [1.54, 1.807) is 67.0 Å². The first-order valence-corrected chi connectivity index (χ1v) is 11.2. The summed E-state index contributed by atoms with van der Waals surface area (Å²) < 4.78 is 0. The van der Waals surface area contributed by atoms with Gasteiger partial charge in [0.05, 0.1) is 34.9 Å². The fourth-order valence-electron chi connectivity index (χ4n) is 3.91. The normalized spacial score (nSPS) is 18.2. The van der Waals surface area contributed by atoms with Crippen LogP contribution in [-0.2, 0) is 9.59 Å². The molecular weight excluding hydrogens is 452 g/mol. The Morgan fingerprint density at radius 2 is 1.82 bits per heavy atom. The summed E-state index contributed by atoms with van der Waals surface area (Å²) in [6, 6.07) is 14.1. The second-order valence-electron chi connectivity index (χ2n) is 8.21. The van der Waals surface area contributed by atoms with Crippen molar-refractivity contribution < 1.29 is 9.59 Å². The van der Waals surface area contributed by atoms with Gasteiger partial charge in [-0.25, -0.2) is 0 Å². The van der Waals surface area contributed by atoms with Gasteiger partial charge < -0.3 is 21.3 Å². The van der Waals surface area contributed by atoms with Crippen molar-refractivity contribution in [2.75, 3.05) is 36.5 Å². The number of halogens is 1. The van der Waals surface area contributed by atoms with E-state index in [2.05, 4.69) is 25.5 Å². The van der Waals surface area contributed by atoms with Gasteiger partial charge in [-0.1, -0.05) is 23.7 Å². The summed E-state index contributed by atoms with van der Waals surface area (Å²) in [6.07, 6.45) is 6.22. The van der Waals surface area contributed by atoms with Crippen LogP contribution in [0.3, 0.4) is 0 Å². The molecule has 4 N–H and O–H groups in total. The molecule has 1 fully saturated rings. The summed E-state index contributed by atoms with van der Waals surface area (Å²) >= 11 is 5.93. The molecule has 174 valence electrons. The van der Waals surface area contributed by atoms with Crippen LogP contribution >= 0.6 is 11.6 Å². The van der Waals surface area contributed by atoms with Gasteiger partial charge in [0.1, 0.15) is 0 Å². The molecule has 0 bridgehead atoms. The number of likely N-dealkylation sites (tertiary alicyclic amines) is 1. The van der Waals surface area contributed by atoms with Crippen molar-refractivity contribution in [3.05, 3.63) is 83.4 Å². The van der Waals surface area contributed by atoms with Gasteiger partial charge >= 0.3 is 0 Å². The molecule has 4 rings (SSSR count). The van der Waals surface area contributed by atoms with Crippen molar-refractivity contribution in [2.45, 2.75) is 5.92 Å². The Bertz CT molecular complexity index is 1200. The Kier molecular flexibility index (Phi) is 7.20. The van der Waals surface area contributed by atoms with E-state index in [4.69, 9.17) is 17.3 Å². The molecule has 1 saturated heterocycles. The lowest BCUT2D eigenvalue weighted by Gasteiger charge is -2.17. The van der Waals surface area contributed by atoms with E-state index in [9.17, 15) is 9.59 Å². The number of aromatic nitrogens is 2. The number of hydrogen-bond donors (Lipinski definition) is 3. The van der Waals surface area contributed by atoms with Gasteiger partial charge in [0, 0.05) is 42.0 Å². The monoisotopic (exact) mass is 476 g/mol. The summed E-state index contributed by atoms with van der Waals surface area (Å²) in [6.45, 7) is 1.32. The Balaban J connectivity index is 1.40. The maximum absolute atomic E-state index is 13.0. The Labute approximate surface area is 202 Å². The van der Waals surface area contributed by atoms with Gasteiger partial charge in [-0.15, -0.1) is 0 Å². The highest BCUT2D eigenvalue weighted by Crippen LogP contribution is 2.31. The standard InChI is InChI=1S/C25H25ClN6O2/c1-32-14-19(20(15-32)25(34)30-17-8-6-16(26)7-9-17)23-13-28-18(12-29-23)10-11-24(33)31-22-5-3-2-4-21(22)27/h2-13,19-20H,14-15,27H2,1H3,(H,30,34)(H,31,33)/b11-10+/t19-,20-/m0/s1. The number of hydrogen-bond acceptors (Lipinski definition) is 6. The fraction of sp³-hybridized carbons (Fsp3) is 0.200. The fourth-order valence-corrected chi connectivity index (χ4v) is 4.03. The van der Waals surface area contributed by atoms with Crippen molar-refractivity contribution >= 4 is 46.6 Å². The minimum absolute atomic E-state index is 0.0701. The quantitative estimate of drug-likeness (QED) is 0.369.